The fourth-order valence-electron chi connectivity index (χ4n) is 2.35. The van der Waals surface area contributed by atoms with Crippen LogP contribution in [0.1, 0.15) is 47.5 Å². The first-order chi connectivity index (χ1) is 9.66. The highest BCUT2D eigenvalue weighted by molar-refractivity contribution is 6.05. The molecular formula is C15H25NO5. The molecule has 0 unspecified atom stereocenters. The van der Waals surface area contributed by atoms with Crippen LogP contribution in [0.25, 0.3) is 0 Å². The number of hydrogen-bond acceptors (Lipinski definition) is 5. The maximum absolute atomic E-state index is 12.2. The van der Waals surface area contributed by atoms with Gasteiger partial charge in [0, 0.05) is 19.5 Å². The number of hydrogen-bond donors (Lipinski definition) is 0. The molecule has 0 spiro atoms. The standard InChI is InChI=1S/C15H25NO5/c1-6-15(12(18)20-7-2)10-16(9-8-11(15)17)13(19)21-14(3,4)5/h6-10H2,1-5H3/t15-/m1/s1. The van der Waals surface area contributed by atoms with Crippen molar-refractivity contribution in [3.8, 4) is 0 Å². The summed E-state index contributed by atoms with van der Waals surface area (Å²) in [5.74, 6) is -0.714. The smallest absolute Gasteiger partial charge is 0.410 e. The van der Waals surface area contributed by atoms with Gasteiger partial charge in [-0.15, -0.1) is 0 Å². The van der Waals surface area contributed by atoms with Gasteiger partial charge < -0.3 is 14.4 Å². The van der Waals surface area contributed by atoms with E-state index in [0.29, 0.717) is 6.42 Å². The maximum Gasteiger partial charge on any atom is 0.410 e. The van der Waals surface area contributed by atoms with Crippen molar-refractivity contribution < 1.29 is 23.9 Å². The lowest BCUT2D eigenvalue weighted by Gasteiger charge is -2.39. The second-order valence-electron chi connectivity index (χ2n) is 6.23. The Bertz CT molecular complexity index is 426. The van der Waals surface area contributed by atoms with Gasteiger partial charge >= 0.3 is 12.1 Å². The van der Waals surface area contributed by atoms with Crippen LogP contribution in [-0.4, -0.2) is 48.0 Å². The van der Waals surface area contributed by atoms with Gasteiger partial charge in [-0.25, -0.2) is 4.79 Å². The first-order valence-corrected chi connectivity index (χ1v) is 7.34. The van der Waals surface area contributed by atoms with Gasteiger partial charge in [-0.3, -0.25) is 9.59 Å². The zero-order chi connectivity index (χ0) is 16.3. The summed E-state index contributed by atoms with van der Waals surface area (Å²) in [4.78, 5) is 38.0. The van der Waals surface area contributed by atoms with Crippen molar-refractivity contribution >= 4 is 17.8 Å². The third-order valence-corrected chi connectivity index (χ3v) is 3.52. The number of piperidine rings is 1. The van der Waals surface area contributed by atoms with Gasteiger partial charge in [0.25, 0.3) is 0 Å². The molecule has 0 aliphatic carbocycles. The van der Waals surface area contributed by atoms with Crippen molar-refractivity contribution in [1.82, 2.24) is 4.90 Å². The number of Topliss-reactive ketones (excluding diaryl/α,β-unsaturated/α-hetero) is 1. The molecule has 1 saturated heterocycles. The molecule has 0 N–H and O–H groups in total. The summed E-state index contributed by atoms with van der Waals surface area (Å²) in [7, 11) is 0. The number of carbonyl (C=O) groups is 3. The van der Waals surface area contributed by atoms with E-state index in [2.05, 4.69) is 0 Å². The van der Waals surface area contributed by atoms with E-state index in [-0.39, 0.29) is 31.9 Å². The van der Waals surface area contributed by atoms with E-state index in [4.69, 9.17) is 9.47 Å². The fourth-order valence-corrected chi connectivity index (χ4v) is 2.35. The van der Waals surface area contributed by atoms with Crippen LogP contribution >= 0.6 is 0 Å². The Balaban J connectivity index is 2.93. The molecule has 6 nitrogen and oxygen atoms in total. The first kappa shape index (κ1) is 17.5. The monoisotopic (exact) mass is 299 g/mol. The van der Waals surface area contributed by atoms with E-state index in [1.165, 1.54) is 4.90 Å². The van der Waals surface area contributed by atoms with Crippen molar-refractivity contribution in [1.29, 1.82) is 0 Å². The van der Waals surface area contributed by atoms with E-state index >= 15 is 0 Å². The van der Waals surface area contributed by atoms with Crippen LogP contribution in [0.2, 0.25) is 0 Å². The SMILES string of the molecule is CCOC(=O)[C@]1(CC)CN(C(=O)OC(C)(C)C)CCC1=O. The summed E-state index contributed by atoms with van der Waals surface area (Å²) in [5, 5.41) is 0. The van der Waals surface area contributed by atoms with Crippen LogP contribution in [0.15, 0.2) is 0 Å². The zero-order valence-electron chi connectivity index (χ0n) is 13.5. The molecule has 1 heterocycles. The Morgan fingerprint density at radius 3 is 2.38 bits per heavy atom. The van der Waals surface area contributed by atoms with Crippen LogP contribution in [0.4, 0.5) is 4.79 Å². The molecule has 1 aliphatic rings. The molecule has 1 rings (SSSR count). The third kappa shape index (κ3) is 3.95. The molecule has 0 bridgehead atoms. The fraction of sp³-hybridized carbons (Fsp3) is 0.800. The summed E-state index contributed by atoms with van der Waals surface area (Å²) in [5.41, 5.74) is -1.87. The van der Waals surface area contributed by atoms with Crippen molar-refractivity contribution in [2.45, 2.75) is 53.1 Å². The normalized spacial score (nSPS) is 22.9. The molecule has 0 radical (unpaired) electrons. The summed E-state index contributed by atoms with van der Waals surface area (Å²) in [6.45, 7) is 9.29. The number of likely N-dealkylation sites (tertiary alicyclic amines) is 1. The van der Waals surface area contributed by atoms with Crippen LogP contribution in [0, 0.1) is 5.41 Å². The van der Waals surface area contributed by atoms with E-state index < -0.39 is 23.1 Å². The van der Waals surface area contributed by atoms with E-state index in [0.717, 1.165) is 0 Å². The summed E-state index contributed by atoms with van der Waals surface area (Å²) in [6, 6.07) is 0. The molecule has 21 heavy (non-hydrogen) atoms. The van der Waals surface area contributed by atoms with Crippen molar-refractivity contribution in [3.05, 3.63) is 0 Å². The van der Waals surface area contributed by atoms with E-state index in [1.807, 2.05) is 0 Å². The van der Waals surface area contributed by atoms with Crippen molar-refractivity contribution in [2.75, 3.05) is 19.7 Å². The Morgan fingerprint density at radius 2 is 1.90 bits per heavy atom. The first-order valence-electron chi connectivity index (χ1n) is 7.34. The van der Waals surface area contributed by atoms with Crippen LogP contribution in [-0.2, 0) is 19.1 Å². The minimum atomic E-state index is -1.26. The summed E-state index contributed by atoms with van der Waals surface area (Å²) >= 11 is 0. The van der Waals surface area contributed by atoms with Crippen molar-refractivity contribution in [2.24, 2.45) is 5.41 Å². The highest BCUT2D eigenvalue weighted by Gasteiger charge is 2.50. The van der Waals surface area contributed by atoms with Crippen LogP contribution in [0.3, 0.4) is 0 Å². The molecule has 6 heteroatoms. The Labute approximate surface area is 125 Å². The zero-order valence-corrected chi connectivity index (χ0v) is 13.5. The van der Waals surface area contributed by atoms with Gasteiger partial charge in [0.15, 0.2) is 5.78 Å². The van der Waals surface area contributed by atoms with Gasteiger partial charge in [-0.05, 0) is 34.1 Å². The minimum absolute atomic E-state index is 0.0239. The molecule has 1 fully saturated rings. The van der Waals surface area contributed by atoms with Gasteiger partial charge in [0.1, 0.15) is 11.0 Å². The van der Waals surface area contributed by atoms with Gasteiger partial charge in [0.05, 0.1) is 6.61 Å². The Morgan fingerprint density at radius 1 is 1.29 bits per heavy atom. The Kier molecular flexibility index (Phi) is 5.36. The second-order valence-corrected chi connectivity index (χ2v) is 6.23. The second kappa shape index (κ2) is 6.45. The maximum atomic E-state index is 12.2. The quantitative estimate of drug-likeness (QED) is 0.590. The topological polar surface area (TPSA) is 72.9 Å². The number of rotatable bonds is 3. The number of ether oxygens (including phenoxy) is 2. The average Bonchev–Trinajstić information content (AvgIpc) is 2.37. The van der Waals surface area contributed by atoms with Gasteiger partial charge in [0.2, 0.25) is 0 Å². The third-order valence-electron chi connectivity index (χ3n) is 3.52. The molecular weight excluding hydrogens is 274 g/mol. The van der Waals surface area contributed by atoms with E-state index in [1.54, 1.807) is 34.6 Å². The summed E-state index contributed by atoms with van der Waals surface area (Å²) in [6.07, 6.45) is -0.0484. The highest BCUT2D eigenvalue weighted by atomic mass is 16.6. The minimum Gasteiger partial charge on any atom is -0.465 e. The molecule has 120 valence electrons. The lowest BCUT2D eigenvalue weighted by atomic mass is 9.76. The molecule has 0 aromatic heterocycles. The predicted octanol–water partition coefficient (Wildman–Crippen LogP) is 2.16. The molecule has 1 aliphatic heterocycles. The molecule has 1 amide bonds. The average molecular weight is 299 g/mol. The molecule has 0 aromatic carbocycles. The van der Waals surface area contributed by atoms with E-state index in [9.17, 15) is 14.4 Å². The largest absolute Gasteiger partial charge is 0.465 e. The van der Waals surface area contributed by atoms with Crippen LogP contribution < -0.4 is 0 Å². The molecule has 1 atom stereocenters. The number of carbonyl (C=O) groups excluding carboxylic acids is 3. The number of esters is 1. The van der Waals surface area contributed by atoms with Crippen molar-refractivity contribution in [3.63, 3.8) is 0 Å². The predicted molar refractivity (Wildman–Crippen MR) is 76.8 cm³/mol. The molecule has 0 aromatic rings. The molecule has 0 saturated carbocycles. The number of amides is 1. The lowest BCUT2D eigenvalue weighted by Crippen LogP contribution is -2.56. The lowest BCUT2D eigenvalue weighted by molar-refractivity contribution is -0.163. The van der Waals surface area contributed by atoms with Gasteiger partial charge in [-0.2, -0.15) is 0 Å². The summed E-state index contributed by atoms with van der Waals surface area (Å²) < 4.78 is 10.4. The Hall–Kier alpha value is -1.59. The number of nitrogens with zero attached hydrogens (tertiary/aromatic N) is 1. The van der Waals surface area contributed by atoms with Crippen LogP contribution in [0.5, 0.6) is 0 Å². The highest BCUT2D eigenvalue weighted by Crippen LogP contribution is 2.32. The van der Waals surface area contributed by atoms with Gasteiger partial charge in [-0.1, -0.05) is 6.92 Å². The number of ketones is 1.